The Labute approximate surface area is 229 Å². The molecule has 9 heteroatoms. The molecule has 0 spiro atoms. The molecule has 0 bridgehead atoms. The predicted molar refractivity (Wildman–Crippen MR) is 157 cm³/mol. The first-order valence-electron chi connectivity index (χ1n) is 12.8. The molecule has 1 amide bonds. The van der Waals surface area contributed by atoms with Crippen LogP contribution >= 0.6 is 22.7 Å². The summed E-state index contributed by atoms with van der Waals surface area (Å²) in [7, 11) is 1.67. The normalized spacial score (nSPS) is 13.2. The molecule has 5 aromatic rings. The number of hydrogen-bond acceptors (Lipinski definition) is 8. The second kappa shape index (κ2) is 11.3. The van der Waals surface area contributed by atoms with Crippen LogP contribution in [0.4, 0.5) is 5.00 Å². The fourth-order valence-corrected chi connectivity index (χ4v) is 7.19. The van der Waals surface area contributed by atoms with Crippen LogP contribution in [0.25, 0.3) is 42.8 Å². The lowest BCUT2D eigenvalue weighted by atomic mass is 10.0. The SMILES string of the molecule is COCCNCCC(=O)Nc1sc2c(c1-c1nc3ccc(-c4ccc5ncccc5c4)cc3s1)CCNC2. The average Bonchev–Trinajstić information content (AvgIpc) is 3.52. The van der Waals surface area contributed by atoms with Gasteiger partial charge in [0.25, 0.3) is 0 Å². The van der Waals surface area contributed by atoms with Crippen LogP contribution in [0.3, 0.4) is 0 Å². The Hall–Kier alpha value is -3.21. The van der Waals surface area contributed by atoms with Gasteiger partial charge in [-0.25, -0.2) is 4.98 Å². The molecular weight excluding hydrogens is 514 g/mol. The summed E-state index contributed by atoms with van der Waals surface area (Å²) in [6.45, 7) is 3.74. The van der Waals surface area contributed by atoms with Gasteiger partial charge in [-0.1, -0.05) is 18.2 Å². The first kappa shape index (κ1) is 25.1. The fourth-order valence-electron chi connectivity index (χ4n) is 4.81. The summed E-state index contributed by atoms with van der Waals surface area (Å²) in [5.74, 6) is 0.0110. The number of nitrogens with zero attached hydrogens (tertiary/aromatic N) is 2. The summed E-state index contributed by atoms with van der Waals surface area (Å²) in [4.78, 5) is 23.5. The van der Waals surface area contributed by atoms with Crippen LogP contribution < -0.4 is 16.0 Å². The molecule has 3 N–H and O–H groups in total. The highest BCUT2D eigenvalue weighted by Crippen LogP contribution is 2.45. The predicted octanol–water partition coefficient (Wildman–Crippen LogP) is 5.45. The van der Waals surface area contributed by atoms with E-state index < -0.39 is 0 Å². The molecular formula is C29H29N5O2S2. The Morgan fingerprint density at radius 2 is 1.95 bits per heavy atom. The van der Waals surface area contributed by atoms with Gasteiger partial charge in [-0.05, 0) is 60.0 Å². The number of benzene rings is 2. The molecule has 38 heavy (non-hydrogen) atoms. The molecule has 0 aliphatic carbocycles. The summed E-state index contributed by atoms with van der Waals surface area (Å²) in [6, 6.07) is 16.9. The highest BCUT2D eigenvalue weighted by molar-refractivity contribution is 7.23. The number of hydrogen-bond donors (Lipinski definition) is 3. The smallest absolute Gasteiger partial charge is 0.226 e. The summed E-state index contributed by atoms with van der Waals surface area (Å²) in [5, 5.41) is 12.9. The zero-order valence-electron chi connectivity index (χ0n) is 21.2. The number of nitrogens with one attached hydrogen (secondary N) is 3. The second-order valence-corrected chi connectivity index (χ2v) is 11.4. The zero-order chi connectivity index (χ0) is 25.9. The van der Waals surface area contributed by atoms with Crippen molar-refractivity contribution in [1.29, 1.82) is 0 Å². The molecule has 6 rings (SSSR count). The van der Waals surface area contributed by atoms with Crippen molar-refractivity contribution in [1.82, 2.24) is 20.6 Å². The van der Waals surface area contributed by atoms with Crippen molar-refractivity contribution in [2.45, 2.75) is 19.4 Å². The molecule has 1 aliphatic rings. The topological polar surface area (TPSA) is 88.2 Å². The number of carbonyl (C=O) groups excluding carboxylic acids is 1. The maximum Gasteiger partial charge on any atom is 0.226 e. The highest BCUT2D eigenvalue weighted by Gasteiger charge is 2.25. The van der Waals surface area contributed by atoms with Crippen LogP contribution in [0.1, 0.15) is 16.9 Å². The number of aromatic nitrogens is 2. The van der Waals surface area contributed by atoms with Gasteiger partial charge in [0.2, 0.25) is 5.91 Å². The Morgan fingerprint density at radius 1 is 1.08 bits per heavy atom. The van der Waals surface area contributed by atoms with Crippen LogP contribution in [0, 0.1) is 0 Å². The molecule has 0 saturated carbocycles. The van der Waals surface area contributed by atoms with Gasteiger partial charge in [0.05, 0.1) is 22.3 Å². The third kappa shape index (κ3) is 5.21. The van der Waals surface area contributed by atoms with E-state index in [1.54, 1.807) is 29.8 Å². The van der Waals surface area contributed by atoms with Crippen molar-refractivity contribution in [3.05, 3.63) is 65.2 Å². The van der Waals surface area contributed by atoms with E-state index in [-0.39, 0.29) is 5.91 Å². The average molecular weight is 544 g/mol. The lowest BCUT2D eigenvalue weighted by Gasteiger charge is -2.13. The highest BCUT2D eigenvalue weighted by atomic mass is 32.1. The minimum atomic E-state index is 0.0110. The third-order valence-corrected chi connectivity index (χ3v) is 8.91. The number of fused-ring (bicyclic) bond motifs is 3. The van der Waals surface area contributed by atoms with Crippen molar-refractivity contribution in [2.75, 3.05) is 38.7 Å². The molecule has 1 aliphatic heterocycles. The van der Waals surface area contributed by atoms with Gasteiger partial charge in [0.1, 0.15) is 10.0 Å². The quantitative estimate of drug-likeness (QED) is 0.214. The molecule has 0 atom stereocenters. The molecule has 2 aromatic carbocycles. The van der Waals surface area contributed by atoms with Gasteiger partial charge >= 0.3 is 0 Å². The van der Waals surface area contributed by atoms with Crippen LogP contribution in [0.2, 0.25) is 0 Å². The van der Waals surface area contributed by atoms with Crippen molar-refractivity contribution in [3.63, 3.8) is 0 Å². The molecule has 7 nitrogen and oxygen atoms in total. The molecule has 0 saturated heterocycles. The minimum absolute atomic E-state index is 0.0110. The molecule has 0 unspecified atom stereocenters. The standard InChI is InChI=1S/C29H29N5O2S2/c1-36-14-13-30-12-9-26(35)34-29-27(21-8-11-31-17-25(21)38-29)28-33-23-7-5-19(16-24(23)37-28)18-4-6-22-20(15-18)3-2-10-32-22/h2-7,10,15-16,30-31H,8-9,11-14,17H2,1H3,(H,34,35). The van der Waals surface area contributed by atoms with Gasteiger partial charge in [0, 0.05) is 55.2 Å². The maximum atomic E-state index is 12.8. The van der Waals surface area contributed by atoms with Gasteiger partial charge in [-0.3, -0.25) is 9.78 Å². The number of ether oxygens (including phenoxy) is 1. The van der Waals surface area contributed by atoms with E-state index in [0.717, 1.165) is 73.9 Å². The van der Waals surface area contributed by atoms with Crippen molar-refractivity contribution in [3.8, 4) is 21.7 Å². The Kier molecular flexibility index (Phi) is 7.44. The summed E-state index contributed by atoms with van der Waals surface area (Å²) >= 11 is 3.36. The number of anilines is 1. The monoisotopic (exact) mass is 543 g/mol. The zero-order valence-corrected chi connectivity index (χ0v) is 22.8. The van der Waals surface area contributed by atoms with Gasteiger partial charge in [0.15, 0.2) is 0 Å². The fraction of sp³-hybridized carbons (Fsp3) is 0.276. The number of thiophene rings is 1. The van der Waals surface area contributed by atoms with E-state index >= 15 is 0 Å². The van der Waals surface area contributed by atoms with E-state index in [0.29, 0.717) is 19.6 Å². The second-order valence-electron chi connectivity index (χ2n) is 9.29. The molecule has 0 radical (unpaired) electrons. The van der Waals surface area contributed by atoms with Gasteiger partial charge in [-0.2, -0.15) is 0 Å². The molecule has 3 aromatic heterocycles. The van der Waals surface area contributed by atoms with Gasteiger partial charge in [-0.15, -0.1) is 22.7 Å². The van der Waals surface area contributed by atoms with Crippen LogP contribution in [0.5, 0.6) is 0 Å². The number of carbonyl (C=O) groups is 1. The Morgan fingerprint density at radius 3 is 2.84 bits per heavy atom. The van der Waals surface area contributed by atoms with Crippen LogP contribution in [0.15, 0.2) is 54.7 Å². The van der Waals surface area contributed by atoms with Crippen molar-refractivity contribution in [2.24, 2.45) is 0 Å². The van der Waals surface area contributed by atoms with E-state index in [4.69, 9.17) is 9.72 Å². The maximum absolute atomic E-state index is 12.8. The Balaban J connectivity index is 1.30. The number of rotatable bonds is 9. The molecule has 0 fully saturated rings. The van der Waals surface area contributed by atoms with Crippen LogP contribution in [-0.2, 0) is 22.5 Å². The third-order valence-electron chi connectivity index (χ3n) is 6.73. The Bertz CT molecular complexity index is 1610. The summed E-state index contributed by atoms with van der Waals surface area (Å²) in [6.07, 6.45) is 3.17. The number of methoxy groups -OCH3 is 1. The van der Waals surface area contributed by atoms with E-state index in [1.807, 2.05) is 12.3 Å². The van der Waals surface area contributed by atoms with Crippen molar-refractivity contribution < 1.29 is 9.53 Å². The first-order valence-corrected chi connectivity index (χ1v) is 14.4. The van der Waals surface area contributed by atoms with Crippen molar-refractivity contribution >= 4 is 54.7 Å². The summed E-state index contributed by atoms with van der Waals surface area (Å²) in [5.41, 5.74) is 6.69. The largest absolute Gasteiger partial charge is 0.383 e. The van der Waals surface area contributed by atoms with E-state index in [1.165, 1.54) is 10.4 Å². The van der Waals surface area contributed by atoms with Crippen LogP contribution in [-0.4, -0.2) is 49.2 Å². The van der Waals surface area contributed by atoms with Gasteiger partial charge < -0.3 is 20.7 Å². The lowest BCUT2D eigenvalue weighted by Crippen LogP contribution is -2.24. The lowest BCUT2D eigenvalue weighted by molar-refractivity contribution is -0.116. The first-order chi connectivity index (χ1) is 18.7. The number of pyridine rings is 1. The number of thiazole rings is 1. The summed E-state index contributed by atoms with van der Waals surface area (Å²) < 4.78 is 6.19. The van der Waals surface area contributed by atoms with E-state index in [9.17, 15) is 4.79 Å². The number of amides is 1. The minimum Gasteiger partial charge on any atom is -0.383 e. The molecule has 194 valence electrons. The van der Waals surface area contributed by atoms with E-state index in [2.05, 4.69) is 63.4 Å². The molecule has 4 heterocycles.